The lowest BCUT2D eigenvalue weighted by molar-refractivity contribution is -0.129. The van der Waals surface area contributed by atoms with Crippen molar-refractivity contribution in [3.63, 3.8) is 0 Å². The average molecular weight is 401 g/mol. The van der Waals surface area contributed by atoms with Gasteiger partial charge < -0.3 is 0 Å². The standard InChI is InChI=1S/C16H24N4O4S2/c1-10-13(11(2)18-16(17-10)25-3)4-5-14(21)19-20-15(22)8-12-6-7-26(23,24)9-12/h12H,4-9H2,1-3H3,(H,19,21)(H,20,22)/t12-/m0/s1. The summed E-state index contributed by atoms with van der Waals surface area (Å²) in [4.78, 5) is 32.5. The Morgan fingerprint density at radius 2 is 1.77 bits per heavy atom. The number of hydrazine groups is 1. The van der Waals surface area contributed by atoms with Crippen molar-refractivity contribution in [2.45, 2.75) is 44.7 Å². The molecule has 1 fully saturated rings. The molecule has 0 bridgehead atoms. The first kappa shape index (κ1) is 20.6. The first-order chi connectivity index (χ1) is 12.2. The number of rotatable bonds is 6. The van der Waals surface area contributed by atoms with Gasteiger partial charge in [0, 0.05) is 24.2 Å². The molecule has 2 heterocycles. The number of hydrogen-bond donors (Lipinski definition) is 2. The second kappa shape index (κ2) is 8.81. The highest BCUT2D eigenvalue weighted by Gasteiger charge is 2.29. The Labute approximate surface area is 157 Å². The molecule has 2 rings (SSSR count). The monoisotopic (exact) mass is 400 g/mol. The van der Waals surface area contributed by atoms with Gasteiger partial charge in [0.15, 0.2) is 15.0 Å². The molecule has 0 saturated carbocycles. The van der Waals surface area contributed by atoms with Crippen LogP contribution in [0.25, 0.3) is 0 Å². The van der Waals surface area contributed by atoms with Gasteiger partial charge in [-0.25, -0.2) is 18.4 Å². The molecule has 10 heteroatoms. The molecule has 2 N–H and O–H groups in total. The van der Waals surface area contributed by atoms with Crippen LogP contribution in [0, 0.1) is 19.8 Å². The Kier molecular flexibility index (Phi) is 6.99. The topological polar surface area (TPSA) is 118 Å². The molecule has 0 unspecified atom stereocenters. The van der Waals surface area contributed by atoms with E-state index in [1.807, 2.05) is 20.1 Å². The van der Waals surface area contributed by atoms with Crippen molar-refractivity contribution in [1.29, 1.82) is 0 Å². The van der Waals surface area contributed by atoms with E-state index in [-0.39, 0.29) is 42.1 Å². The fraction of sp³-hybridized carbons (Fsp3) is 0.625. The zero-order valence-electron chi connectivity index (χ0n) is 15.2. The van der Waals surface area contributed by atoms with Crippen molar-refractivity contribution >= 4 is 33.4 Å². The first-order valence-corrected chi connectivity index (χ1v) is 11.4. The summed E-state index contributed by atoms with van der Waals surface area (Å²) in [5.41, 5.74) is 7.36. The van der Waals surface area contributed by atoms with Gasteiger partial charge in [0.25, 0.3) is 0 Å². The van der Waals surface area contributed by atoms with Crippen LogP contribution in [-0.4, -0.2) is 48.0 Å². The SMILES string of the molecule is CSc1nc(C)c(CCC(=O)NNC(=O)C[C@@H]2CCS(=O)(=O)C2)c(C)n1. The molecule has 2 amide bonds. The van der Waals surface area contributed by atoms with E-state index in [2.05, 4.69) is 20.8 Å². The summed E-state index contributed by atoms with van der Waals surface area (Å²) in [5.74, 6) is -0.688. The quantitative estimate of drug-likeness (QED) is 0.410. The maximum atomic E-state index is 11.9. The van der Waals surface area contributed by atoms with Crippen LogP contribution in [-0.2, 0) is 25.8 Å². The molecule has 0 aliphatic carbocycles. The van der Waals surface area contributed by atoms with Crippen molar-refractivity contribution < 1.29 is 18.0 Å². The number of aromatic nitrogens is 2. The molecule has 1 aliphatic heterocycles. The average Bonchev–Trinajstić information content (AvgIpc) is 2.90. The fourth-order valence-electron chi connectivity index (χ4n) is 2.95. The molecular weight excluding hydrogens is 376 g/mol. The Balaban J connectivity index is 1.76. The van der Waals surface area contributed by atoms with Crippen LogP contribution in [0.15, 0.2) is 5.16 Å². The van der Waals surface area contributed by atoms with Crippen molar-refractivity contribution in [3.8, 4) is 0 Å². The van der Waals surface area contributed by atoms with Crippen LogP contribution in [0.4, 0.5) is 0 Å². The summed E-state index contributed by atoms with van der Waals surface area (Å²) in [6.45, 7) is 3.78. The van der Waals surface area contributed by atoms with Gasteiger partial charge in [-0.3, -0.25) is 20.4 Å². The van der Waals surface area contributed by atoms with Crippen LogP contribution in [0.2, 0.25) is 0 Å². The van der Waals surface area contributed by atoms with Crippen molar-refractivity contribution in [2.24, 2.45) is 5.92 Å². The minimum Gasteiger partial charge on any atom is -0.273 e. The van der Waals surface area contributed by atoms with Crippen molar-refractivity contribution in [1.82, 2.24) is 20.8 Å². The molecule has 1 saturated heterocycles. The number of carbonyl (C=O) groups is 2. The lowest BCUT2D eigenvalue weighted by atomic mass is 10.1. The van der Waals surface area contributed by atoms with Gasteiger partial charge in [-0.05, 0) is 44.4 Å². The molecule has 1 aliphatic rings. The zero-order valence-corrected chi connectivity index (χ0v) is 16.8. The molecule has 1 atom stereocenters. The molecule has 26 heavy (non-hydrogen) atoms. The minimum absolute atomic E-state index is 0.0406. The maximum Gasteiger partial charge on any atom is 0.238 e. The maximum absolute atomic E-state index is 11.9. The van der Waals surface area contributed by atoms with Crippen LogP contribution in [0.1, 0.15) is 36.2 Å². The second-order valence-corrected chi connectivity index (χ2v) is 9.43. The third-order valence-electron chi connectivity index (χ3n) is 4.33. The molecule has 0 aromatic carbocycles. The summed E-state index contributed by atoms with van der Waals surface area (Å²) in [6, 6.07) is 0. The first-order valence-electron chi connectivity index (χ1n) is 8.36. The Morgan fingerprint density at radius 1 is 1.15 bits per heavy atom. The highest BCUT2D eigenvalue weighted by atomic mass is 32.2. The summed E-state index contributed by atoms with van der Waals surface area (Å²) in [5, 5.41) is 0.703. The van der Waals surface area contributed by atoms with Crippen molar-refractivity contribution in [3.05, 3.63) is 17.0 Å². The van der Waals surface area contributed by atoms with E-state index >= 15 is 0 Å². The summed E-state index contributed by atoms with van der Waals surface area (Å²) < 4.78 is 22.8. The zero-order chi connectivity index (χ0) is 19.3. The van der Waals surface area contributed by atoms with Gasteiger partial charge in [0.05, 0.1) is 11.5 Å². The largest absolute Gasteiger partial charge is 0.273 e. The summed E-state index contributed by atoms with van der Waals surface area (Å²) >= 11 is 1.47. The van der Waals surface area contributed by atoms with Crippen molar-refractivity contribution in [2.75, 3.05) is 17.8 Å². The third kappa shape index (κ3) is 5.94. The molecule has 0 radical (unpaired) electrons. The summed E-state index contributed by atoms with van der Waals surface area (Å²) in [7, 11) is -3.01. The molecule has 8 nitrogen and oxygen atoms in total. The number of aryl methyl sites for hydroxylation is 2. The Hall–Kier alpha value is -1.68. The minimum atomic E-state index is -3.01. The van der Waals surface area contributed by atoms with E-state index in [1.54, 1.807) is 0 Å². The number of nitrogens with one attached hydrogen (secondary N) is 2. The van der Waals surface area contributed by atoms with E-state index in [0.717, 1.165) is 17.0 Å². The number of thioether (sulfide) groups is 1. The van der Waals surface area contributed by atoms with Crippen LogP contribution >= 0.6 is 11.8 Å². The Morgan fingerprint density at radius 3 is 2.31 bits per heavy atom. The molecule has 1 aromatic heterocycles. The van der Waals surface area contributed by atoms with Gasteiger partial charge in [0.1, 0.15) is 0 Å². The van der Waals surface area contributed by atoms with E-state index in [9.17, 15) is 18.0 Å². The number of hydrogen-bond acceptors (Lipinski definition) is 7. The molecule has 1 aromatic rings. The third-order valence-corrected chi connectivity index (χ3v) is 6.71. The van der Waals surface area contributed by atoms with E-state index in [4.69, 9.17) is 0 Å². The van der Waals surface area contributed by atoms with Gasteiger partial charge in [0.2, 0.25) is 11.8 Å². The lowest BCUT2D eigenvalue weighted by Gasteiger charge is -2.11. The number of nitrogens with zero attached hydrogens (tertiary/aromatic N) is 2. The smallest absolute Gasteiger partial charge is 0.238 e. The summed E-state index contributed by atoms with van der Waals surface area (Å²) in [6.07, 6.45) is 3.18. The number of sulfone groups is 1. The number of carbonyl (C=O) groups excluding carboxylic acids is 2. The van der Waals surface area contributed by atoms with Gasteiger partial charge in [-0.15, -0.1) is 0 Å². The van der Waals surface area contributed by atoms with Gasteiger partial charge in [-0.2, -0.15) is 0 Å². The van der Waals surface area contributed by atoms with E-state index in [0.29, 0.717) is 18.0 Å². The molecular formula is C16H24N4O4S2. The highest BCUT2D eigenvalue weighted by Crippen LogP contribution is 2.21. The normalized spacial score (nSPS) is 18.5. The lowest BCUT2D eigenvalue weighted by Crippen LogP contribution is -2.42. The van der Waals surface area contributed by atoms with E-state index < -0.39 is 9.84 Å². The van der Waals surface area contributed by atoms with Gasteiger partial charge >= 0.3 is 0 Å². The van der Waals surface area contributed by atoms with Crippen LogP contribution in [0.5, 0.6) is 0 Å². The molecule has 0 spiro atoms. The predicted molar refractivity (Wildman–Crippen MR) is 99.3 cm³/mol. The molecule has 144 valence electrons. The van der Waals surface area contributed by atoms with Crippen LogP contribution < -0.4 is 10.9 Å². The second-order valence-electron chi connectivity index (χ2n) is 6.43. The van der Waals surface area contributed by atoms with Gasteiger partial charge in [-0.1, -0.05) is 11.8 Å². The van der Waals surface area contributed by atoms with E-state index in [1.165, 1.54) is 11.8 Å². The Bertz CT molecular complexity index is 772. The number of amides is 2. The highest BCUT2D eigenvalue weighted by molar-refractivity contribution is 7.98. The fourth-order valence-corrected chi connectivity index (χ4v) is 5.27. The predicted octanol–water partition coefficient (Wildman–Crippen LogP) is 0.720. The van der Waals surface area contributed by atoms with Crippen LogP contribution in [0.3, 0.4) is 0 Å².